The molecule has 8 heteroatoms. The van der Waals surface area contributed by atoms with Gasteiger partial charge in [0.15, 0.2) is 0 Å². The SMILES string of the molecule is NC(=O)C(CCOc1cccc2c1CN1CC(=O)NC1=N2)C1CCC2CCCCC2N1. The average molecular weight is 426 g/mol. The molecule has 2 amide bonds. The summed E-state index contributed by atoms with van der Waals surface area (Å²) in [5.41, 5.74) is 7.59. The molecule has 0 bridgehead atoms. The van der Waals surface area contributed by atoms with Gasteiger partial charge in [-0.3, -0.25) is 14.9 Å². The first-order valence-corrected chi connectivity index (χ1v) is 11.5. The highest BCUT2D eigenvalue weighted by Crippen LogP contribution is 2.36. The summed E-state index contributed by atoms with van der Waals surface area (Å²) in [5.74, 6) is 1.59. The quantitative estimate of drug-likeness (QED) is 0.644. The molecule has 1 aromatic rings. The molecule has 1 aliphatic carbocycles. The van der Waals surface area contributed by atoms with Gasteiger partial charge in [0.1, 0.15) is 12.3 Å². The van der Waals surface area contributed by atoms with E-state index in [4.69, 9.17) is 10.5 Å². The maximum absolute atomic E-state index is 12.3. The molecule has 3 aliphatic heterocycles. The van der Waals surface area contributed by atoms with Crippen LogP contribution in [0, 0.1) is 11.8 Å². The van der Waals surface area contributed by atoms with Gasteiger partial charge in [-0.05, 0) is 50.2 Å². The van der Waals surface area contributed by atoms with Crippen LogP contribution in [0.15, 0.2) is 23.2 Å². The lowest BCUT2D eigenvalue weighted by atomic mass is 9.75. The van der Waals surface area contributed by atoms with Gasteiger partial charge in [-0.25, -0.2) is 4.99 Å². The van der Waals surface area contributed by atoms with Crippen LogP contribution in [-0.4, -0.2) is 47.9 Å². The predicted molar refractivity (Wildman–Crippen MR) is 117 cm³/mol. The Morgan fingerprint density at radius 1 is 1.23 bits per heavy atom. The minimum Gasteiger partial charge on any atom is -0.493 e. The molecule has 4 aliphatic rings. The predicted octanol–water partition coefficient (Wildman–Crippen LogP) is 1.80. The van der Waals surface area contributed by atoms with Crippen molar-refractivity contribution in [2.24, 2.45) is 22.6 Å². The molecule has 166 valence electrons. The van der Waals surface area contributed by atoms with E-state index in [1.54, 1.807) is 0 Å². The molecule has 4 N–H and O–H groups in total. The molecular formula is C23H31N5O3. The van der Waals surface area contributed by atoms with Crippen molar-refractivity contribution < 1.29 is 14.3 Å². The number of fused-ring (bicyclic) bond motifs is 3. The third kappa shape index (κ3) is 4.13. The molecular weight excluding hydrogens is 394 g/mol. The number of carbonyl (C=O) groups excluding carboxylic acids is 2. The van der Waals surface area contributed by atoms with E-state index in [-0.39, 0.29) is 23.8 Å². The van der Waals surface area contributed by atoms with E-state index in [0.717, 1.165) is 29.3 Å². The standard InChI is InChI=1S/C23H31N5O3/c24-22(30)15(19-9-8-14-4-1-2-5-17(14)25-19)10-11-31-20-7-3-6-18-16(20)12-28-13-21(29)27-23(28)26-18/h3,6-7,14-15,17,19,25H,1-2,4-5,8-13H2,(H2,24,30)(H,26,27,29). The Hall–Kier alpha value is -2.61. The lowest BCUT2D eigenvalue weighted by molar-refractivity contribution is -0.123. The molecule has 0 spiro atoms. The van der Waals surface area contributed by atoms with Crippen LogP contribution in [0.4, 0.5) is 5.69 Å². The van der Waals surface area contributed by atoms with Gasteiger partial charge < -0.3 is 20.7 Å². The molecule has 8 nitrogen and oxygen atoms in total. The fourth-order valence-corrected chi connectivity index (χ4v) is 5.66. The number of nitrogens with zero attached hydrogens (tertiary/aromatic N) is 2. The van der Waals surface area contributed by atoms with Crippen molar-refractivity contribution in [1.82, 2.24) is 15.5 Å². The maximum atomic E-state index is 12.3. The summed E-state index contributed by atoms with van der Waals surface area (Å²) in [4.78, 5) is 30.4. The lowest BCUT2D eigenvalue weighted by Crippen LogP contribution is -2.54. The Bertz CT molecular complexity index is 901. The second-order valence-corrected chi connectivity index (χ2v) is 9.24. The maximum Gasteiger partial charge on any atom is 0.246 e. The molecule has 1 aromatic carbocycles. The second kappa shape index (κ2) is 8.49. The summed E-state index contributed by atoms with van der Waals surface area (Å²) < 4.78 is 6.12. The van der Waals surface area contributed by atoms with Crippen molar-refractivity contribution >= 4 is 23.5 Å². The zero-order valence-electron chi connectivity index (χ0n) is 17.8. The van der Waals surface area contributed by atoms with Gasteiger partial charge in [0.2, 0.25) is 17.8 Å². The van der Waals surface area contributed by atoms with Gasteiger partial charge in [0, 0.05) is 17.6 Å². The molecule has 31 heavy (non-hydrogen) atoms. The van der Waals surface area contributed by atoms with E-state index in [9.17, 15) is 9.59 Å². The highest BCUT2D eigenvalue weighted by Gasteiger charge is 2.37. The Morgan fingerprint density at radius 3 is 2.97 bits per heavy atom. The number of primary amides is 1. The topological polar surface area (TPSA) is 109 Å². The van der Waals surface area contributed by atoms with Gasteiger partial charge in [-0.2, -0.15) is 0 Å². The van der Waals surface area contributed by atoms with Crippen LogP contribution in [-0.2, 0) is 16.1 Å². The van der Waals surface area contributed by atoms with Crippen molar-refractivity contribution in [2.75, 3.05) is 13.2 Å². The molecule has 2 saturated heterocycles. The minimum atomic E-state index is -0.249. The monoisotopic (exact) mass is 425 g/mol. The number of rotatable bonds is 6. The van der Waals surface area contributed by atoms with Crippen LogP contribution < -0.4 is 21.1 Å². The number of ether oxygens (including phenoxy) is 1. The van der Waals surface area contributed by atoms with E-state index < -0.39 is 0 Å². The van der Waals surface area contributed by atoms with Crippen LogP contribution >= 0.6 is 0 Å². The Kier molecular flexibility index (Phi) is 5.56. The van der Waals surface area contributed by atoms with E-state index in [2.05, 4.69) is 15.6 Å². The van der Waals surface area contributed by atoms with Crippen molar-refractivity contribution in [3.63, 3.8) is 0 Å². The number of aliphatic imine (C=N–C) groups is 1. The van der Waals surface area contributed by atoms with Crippen molar-refractivity contribution in [1.29, 1.82) is 0 Å². The molecule has 0 aromatic heterocycles. The Labute approximate surface area is 182 Å². The van der Waals surface area contributed by atoms with E-state index in [1.165, 1.54) is 32.1 Å². The summed E-state index contributed by atoms with van der Waals surface area (Å²) in [7, 11) is 0. The summed E-state index contributed by atoms with van der Waals surface area (Å²) in [5, 5.41) is 6.53. The van der Waals surface area contributed by atoms with Crippen LogP contribution in [0.2, 0.25) is 0 Å². The summed E-state index contributed by atoms with van der Waals surface area (Å²) in [6.07, 6.45) is 7.88. The smallest absolute Gasteiger partial charge is 0.246 e. The average Bonchev–Trinajstić information content (AvgIpc) is 3.13. The van der Waals surface area contributed by atoms with Gasteiger partial charge in [0.05, 0.1) is 24.8 Å². The van der Waals surface area contributed by atoms with Crippen LogP contribution in [0.25, 0.3) is 0 Å². The summed E-state index contributed by atoms with van der Waals surface area (Å²) >= 11 is 0. The van der Waals surface area contributed by atoms with Crippen LogP contribution in [0.3, 0.4) is 0 Å². The molecule has 4 atom stereocenters. The molecule has 5 rings (SSSR count). The first-order chi connectivity index (χ1) is 15.1. The molecule has 3 fully saturated rings. The number of guanidine groups is 1. The number of hydrogen-bond donors (Lipinski definition) is 3. The van der Waals surface area contributed by atoms with E-state index in [1.807, 2.05) is 23.1 Å². The van der Waals surface area contributed by atoms with E-state index >= 15 is 0 Å². The number of amides is 2. The number of nitrogens with one attached hydrogen (secondary N) is 2. The molecule has 4 unspecified atom stereocenters. The van der Waals surface area contributed by atoms with Crippen molar-refractivity contribution in [3.05, 3.63) is 23.8 Å². The normalized spacial score (nSPS) is 28.0. The number of carbonyl (C=O) groups is 2. The number of benzene rings is 1. The second-order valence-electron chi connectivity index (χ2n) is 9.24. The Morgan fingerprint density at radius 2 is 2.10 bits per heavy atom. The third-order valence-corrected chi connectivity index (χ3v) is 7.29. The van der Waals surface area contributed by atoms with Gasteiger partial charge >= 0.3 is 0 Å². The molecule has 3 heterocycles. The van der Waals surface area contributed by atoms with Gasteiger partial charge in [0.25, 0.3) is 0 Å². The van der Waals surface area contributed by atoms with E-state index in [0.29, 0.717) is 38.1 Å². The minimum absolute atomic E-state index is 0.0430. The van der Waals surface area contributed by atoms with Crippen LogP contribution in [0.1, 0.15) is 50.5 Å². The van der Waals surface area contributed by atoms with Crippen LogP contribution in [0.5, 0.6) is 5.75 Å². The zero-order chi connectivity index (χ0) is 21.4. The number of nitrogens with two attached hydrogens (primary N) is 1. The molecule has 0 radical (unpaired) electrons. The lowest BCUT2D eigenvalue weighted by Gasteiger charge is -2.42. The fraction of sp³-hybridized carbons (Fsp3) is 0.609. The summed E-state index contributed by atoms with van der Waals surface area (Å²) in [6.45, 7) is 1.31. The first kappa shape index (κ1) is 20.3. The largest absolute Gasteiger partial charge is 0.493 e. The van der Waals surface area contributed by atoms with Gasteiger partial charge in [-0.1, -0.05) is 18.9 Å². The number of hydrogen-bond acceptors (Lipinski definition) is 6. The fourth-order valence-electron chi connectivity index (χ4n) is 5.66. The number of piperidine rings is 1. The first-order valence-electron chi connectivity index (χ1n) is 11.5. The van der Waals surface area contributed by atoms with Crippen molar-refractivity contribution in [2.45, 2.75) is 63.6 Å². The highest BCUT2D eigenvalue weighted by atomic mass is 16.5. The molecule has 1 saturated carbocycles. The highest BCUT2D eigenvalue weighted by molar-refractivity contribution is 6.05. The van der Waals surface area contributed by atoms with Gasteiger partial charge in [-0.15, -0.1) is 0 Å². The summed E-state index contributed by atoms with van der Waals surface area (Å²) in [6, 6.07) is 6.42. The third-order valence-electron chi connectivity index (χ3n) is 7.29. The zero-order valence-corrected chi connectivity index (χ0v) is 17.8. The Balaban J connectivity index is 1.22. The van der Waals surface area contributed by atoms with Crippen molar-refractivity contribution in [3.8, 4) is 5.75 Å².